The number of carboxylic acids is 1. The molecule has 0 saturated heterocycles. The van der Waals surface area contributed by atoms with Crippen LogP contribution in [0.5, 0.6) is 0 Å². The van der Waals surface area contributed by atoms with Gasteiger partial charge in [-0.2, -0.15) is 0 Å². The number of rotatable bonds is 9. The van der Waals surface area contributed by atoms with E-state index in [4.69, 9.17) is 0 Å². The molecule has 0 radical (unpaired) electrons. The first kappa shape index (κ1) is 26.0. The van der Waals surface area contributed by atoms with E-state index in [9.17, 15) is 14.7 Å². The molecule has 34 heavy (non-hydrogen) atoms. The Hall–Kier alpha value is -2.66. The molecule has 1 amide bonds. The van der Waals surface area contributed by atoms with Gasteiger partial charge in [0.15, 0.2) is 0 Å². The fraction of sp³-hybridized carbons (Fsp3) is 0.517. The minimum Gasteiger partial charge on any atom is -0.480 e. The van der Waals surface area contributed by atoms with Crippen LogP contribution in [0.3, 0.4) is 0 Å². The van der Waals surface area contributed by atoms with E-state index in [1.165, 1.54) is 11.1 Å². The predicted molar refractivity (Wildman–Crippen MR) is 137 cm³/mol. The van der Waals surface area contributed by atoms with Crippen LogP contribution in [-0.2, 0) is 16.0 Å². The smallest absolute Gasteiger partial charge is 0.326 e. The lowest BCUT2D eigenvalue weighted by Gasteiger charge is -2.37. The molecule has 2 N–H and O–H groups in total. The van der Waals surface area contributed by atoms with Gasteiger partial charge in [0.05, 0.1) is 0 Å². The van der Waals surface area contributed by atoms with E-state index in [-0.39, 0.29) is 29.7 Å². The number of carbonyl (C=O) groups excluding carboxylic acids is 1. The van der Waals surface area contributed by atoms with Crippen LogP contribution in [0, 0.1) is 17.3 Å². The monoisotopic (exact) mass is 464 g/mol. The van der Waals surface area contributed by atoms with Crippen molar-refractivity contribution in [1.82, 2.24) is 10.2 Å². The van der Waals surface area contributed by atoms with E-state index in [1.807, 2.05) is 30.4 Å². The number of carbonyl (C=O) groups is 2. The number of nitrogens with zero attached hydrogens (tertiary/aromatic N) is 1. The molecule has 1 aromatic rings. The Kier molecular flexibility index (Phi) is 8.53. The molecule has 1 aromatic carbocycles. The molecular weight excluding hydrogens is 424 g/mol. The molecule has 1 heterocycles. The molecular formula is C29H40N2O3. The lowest BCUT2D eigenvalue weighted by Crippen LogP contribution is -2.48. The first-order chi connectivity index (χ1) is 16.1. The van der Waals surface area contributed by atoms with Gasteiger partial charge in [0, 0.05) is 30.3 Å². The Balaban J connectivity index is 1.84. The van der Waals surface area contributed by atoms with Crippen LogP contribution in [0.1, 0.15) is 64.6 Å². The number of fused-ring (bicyclic) bond motifs is 1. The highest BCUT2D eigenvalue weighted by Crippen LogP contribution is 2.33. The number of likely N-dealkylation sites (N-methyl/N-ethyl adjacent to an activating group) is 1. The van der Waals surface area contributed by atoms with E-state index >= 15 is 0 Å². The zero-order valence-corrected chi connectivity index (χ0v) is 21.3. The summed E-state index contributed by atoms with van der Waals surface area (Å²) in [6.07, 6.45) is 12.1. The first-order valence-electron chi connectivity index (χ1n) is 12.5. The van der Waals surface area contributed by atoms with Gasteiger partial charge in [-0.3, -0.25) is 9.69 Å². The predicted octanol–water partition coefficient (Wildman–Crippen LogP) is 5.31. The molecule has 0 saturated carbocycles. The molecule has 3 unspecified atom stereocenters. The van der Waals surface area contributed by atoms with Crippen molar-refractivity contribution < 1.29 is 14.7 Å². The van der Waals surface area contributed by atoms with Gasteiger partial charge in [-0.25, -0.2) is 4.79 Å². The van der Waals surface area contributed by atoms with E-state index in [2.05, 4.69) is 69.1 Å². The van der Waals surface area contributed by atoms with E-state index in [1.54, 1.807) is 0 Å². The average molecular weight is 465 g/mol. The zero-order chi connectivity index (χ0) is 24.9. The minimum atomic E-state index is -0.989. The van der Waals surface area contributed by atoms with Crippen LogP contribution in [0.4, 0.5) is 0 Å². The van der Waals surface area contributed by atoms with Crippen molar-refractivity contribution in [3.05, 3.63) is 71.3 Å². The number of aliphatic carboxylic acids is 1. The number of hydrogen-bond acceptors (Lipinski definition) is 3. The second-order valence-corrected chi connectivity index (χ2v) is 10.6. The number of nitrogens with one attached hydrogen (secondary N) is 1. The lowest BCUT2D eigenvalue weighted by atomic mass is 9.83. The fourth-order valence-corrected chi connectivity index (χ4v) is 5.11. The van der Waals surface area contributed by atoms with Crippen LogP contribution in [0.2, 0.25) is 0 Å². The molecule has 5 heteroatoms. The molecule has 1 aliphatic carbocycles. The van der Waals surface area contributed by atoms with Gasteiger partial charge in [-0.05, 0) is 42.0 Å². The summed E-state index contributed by atoms with van der Waals surface area (Å²) in [7, 11) is 0. The maximum Gasteiger partial charge on any atom is 0.326 e. The van der Waals surface area contributed by atoms with Crippen LogP contribution in [-0.4, -0.2) is 41.0 Å². The summed E-state index contributed by atoms with van der Waals surface area (Å²) in [6, 6.07) is 7.27. The van der Waals surface area contributed by atoms with Crippen molar-refractivity contribution in [3.8, 4) is 0 Å². The van der Waals surface area contributed by atoms with Crippen molar-refractivity contribution in [2.24, 2.45) is 17.3 Å². The Morgan fingerprint density at radius 3 is 2.62 bits per heavy atom. The first-order valence-corrected chi connectivity index (χ1v) is 12.5. The molecule has 3 rings (SSSR count). The summed E-state index contributed by atoms with van der Waals surface area (Å²) in [6.45, 7) is 12.3. The van der Waals surface area contributed by atoms with Gasteiger partial charge in [-0.15, -0.1) is 0 Å². The summed E-state index contributed by atoms with van der Waals surface area (Å²) in [5.74, 6) is -1.22. The van der Waals surface area contributed by atoms with E-state index < -0.39 is 12.0 Å². The number of amides is 1. The summed E-state index contributed by atoms with van der Waals surface area (Å²) in [5.41, 5.74) is 3.31. The third kappa shape index (κ3) is 6.47. The van der Waals surface area contributed by atoms with Gasteiger partial charge < -0.3 is 10.4 Å². The second kappa shape index (κ2) is 11.2. The van der Waals surface area contributed by atoms with Crippen molar-refractivity contribution in [1.29, 1.82) is 0 Å². The van der Waals surface area contributed by atoms with E-state index in [0.717, 1.165) is 25.1 Å². The normalized spacial score (nSPS) is 21.4. The molecule has 2 aliphatic rings. The second-order valence-electron chi connectivity index (χ2n) is 10.6. The van der Waals surface area contributed by atoms with E-state index in [0.29, 0.717) is 12.3 Å². The Labute approximate surface area is 204 Å². The topological polar surface area (TPSA) is 69.6 Å². The molecule has 5 nitrogen and oxygen atoms in total. The van der Waals surface area contributed by atoms with Crippen LogP contribution >= 0.6 is 0 Å². The number of hydrogen-bond donors (Lipinski definition) is 2. The average Bonchev–Trinajstić information content (AvgIpc) is 2.96. The summed E-state index contributed by atoms with van der Waals surface area (Å²) >= 11 is 0. The molecule has 0 bridgehead atoms. The molecule has 1 aliphatic heterocycles. The molecule has 3 atom stereocenters. The summed E-state index contributed by atoms with van der Waals surface area (Å²) < 4.78 is 0. The fourth-order valence-electron chi connectivity index (χ4n) is 5.11. The maximum absolute atomic E-state index is 13.3. The third-order valence-corrected chi connectivity index (χ3v) is 6.97. The van der Waals surface area contributed by atoms with Crippen molar-refractivity contribution in [2.45, 2.75) is 66.0 Å². The largest absolute Gasteiger partial charge is 0.480 e. The molecule has 0 aromatic heterocycles. The Morgan fingerprint density at radius 1 is 1.21 bits per heavy atom. The zero-order valence-electron chi connectivity index (χ0n) is 21.3. The maximum atomic E-state index is 13.3. The molecule has 0 spiro atoms. The highest BCUT2D eigenvalue weighted by molar-refractivity contribution is 5.84. The van der Waals surface area contributed by atoms with Crippen molar-refractivity contribution in [2.75, 3.05) is 13.1 Å². The quantitative estimate of drug-likeness (QED) is 0.520. The number of benzene rings is 1. The van der Waals surface area contributed by atoms with Crippen molar-refractivity contribution >= 4 is 11.9 Å². The molecule has 184 valence electrons. The Morgan fingerprint density at radius 2 is 1.94 bits per heavy atom. The minimum absolute atomic E-state index is 0.0336. The number of allylic oxidation sites excluding steroid dienone is 5. The van der Waals surface area contributed by atoms with Gasteiger partial charge in [-0.1, -0.05) is 89.3 Å². The van der Waals surface area contributed by atoms with Gasteiger partial charge >= 0.3 is 5.97 Å². The molecule has 0 fully saturated rings. The number of carboxylic acid groups (broad SMARTS) is 1. The highest BCUT2D eigenvalue weighted by Gasteiger charge is 2.34. The van der Waals surface area contributed by atoms with Gasteiger partial charge in [0.2, 0.25) is 5.91 Å². The van der Waals surface area contributed by atoms with Crippen molar-refractivity contribution in [3.63, 3.8) is 0 Å². The van der Waals surface area contributed by atoms with Gasteiger partial charge in [0.25, 0.3) is 0 Å². The van der Waals surface area contributed by atoms with Crippen LogP contribution in [0.25, 0.3) is 0 Å². The highest BCUT2D eigenvalue weighted by atomic mass is 16.4. The summed E-state index contributed by atoms with van der Waals surface area (Å²) in [4.78, 5) is 28.0. The lowest BCUT2D eigenvalue weighted by molar-refractivity contribution is -0.143. The summed E-state index contributed by atoms with van der Waals surface area (Å²) in [5, 5.41) is 13.1. The SMILES string of the molecule is CCN1CCc2ccccc2C1CC(=O)NC(C(=O)O)C(CC(C)C)C1=CC=CC(C)(C)C=C1. The van der Waals surface area contributed by atoms with Crippen LogP contribution in [0.15, 0.2) is 60.2 Å². The van der Waals surface area contributed by atoms with Crippen LogP contribution < -0.4 is 5.32 Å². The standard InChI is InChI=1S/C29H40N2O3/c1-6-31-17-14-22-10-7-8-12-23(22)25(31)19-26(32)30-27(28(33)34)24(18-20(2)3)21-11-9-15-29(4,5)16-13-21/h7-13,15-16,20,24-25,27H,6,14,17-19H2,1-5H3,(H,30,32)(H,33,34). The van der Waals surface area contributed by atoms with Gasteiger partial charge in [0.1, 0.15) is 6.04 Å². The Bertz CT molecular complexity index is 973. The third-order valence-electron chi connectivity index (χ3n) is 6.97.